The number of hydrogen-bond donors (Lipinski definition) is 1. The molecule has 0 aromatic heterocycles. The van der Waals surface area contributed by atoms with E-state index in [9.17, 15) is 9.50 Å². The molecule has 8 aromatic rings. The van der Waals surface area contributed by atoms with Crippen LogP contribution in [0.4, 0.5) is 27.1 Å². The van der Waals surface area contributed by atoms with E-state index in [0.717, 1.165) is 78.8 Å². The zero-order valence-electron chi connectivity index (χ0n) is 46.3. The number of hydrogen-bond acceptors (Lipinski definition) is 8. The molecule has 2 heterocycles. The number of nitrogens with zero attached hydrogens (tertiary/aromatic N) is 6. The second-order valence-electron chi connectivity index (χ2n) is 19.0. The standard InChI is InChI=1S/C32H28Cl3N3O2.C25H25Cl3N2O2.C7H4FN.Na.H/c1-36-26-10-14-28(15-11-26)40-21-31-32(23-5-7-24(33)8-6-23)38(30-16-9-25(34)19-29(30)35)18-17-37(31)20-22-3-12-27(39-2)13-4-22;1-32-21-9-2-17(3-10-21)15-29-12-13-30(23-11-8-20(27)14-22(23)28)25(24(29)16-31)18-4-6-19(26)7-5-18;1-9-7-4-2-6(8)3-5-7;;/h3-16,19,31-32H,17-18,20-21H2,2H3;2-11,14,24-25,31H,12-13,15-16H2,1H3;2-5H;;/q;;;+1;-1/t31-,32+;24-,25+;;;/m11.../s1. The van der Waals surface area contributed by atoms with E-state index in [2.05, 4.69) is 65.7 Å². The fourth-order valence-electron chi connectivity index (χ4n) is 10.0. The van der Waals surface area contributed by atoms with Gasteiger partial charge in [0, 0.05) is 59.4 Å². The zero-order chi connectivity index (χ0) is 57.4. The SMILES string of the molecule is COc1ccc(CN2CCN(c3ccc(Cl)cc3Cl)[C@@H](c3ccc(Cl)cc3)[C@H]2CO)cc1.[C-]#[N+]c1ccc(F)cc1.[C-]#[N+]c1ccc(OC[C@@H]2[C@H](c3ccc(Cl)cc3)N(c3ccc(Cl)cc3Cl)CCN2Cc2ccc(OC)cc2)cc1.[H-].[Na+]. The third-order valence-electron chi connectivity index (χ3n) is 14.1. The molecule has 2 aliphatic heterocycles. The van der Waals surface area contributed by atoms with Gasteiger partial charge < -0.3 is 30.5 Å². The predicted octanol–water partition coefficient (Wildman–Crippen LogP) is 14.3. The fraction of sp³-hybridized carbons (Fsp3) is 0.219. The van der Waals surface area contributed by atoms with Gasteiger partial charge in [0.15, 0.2) is 11.4 Å². The van der Waals surface area contributed by atoms with Crippen LogP contribution in [0.5, 0.6) is 17.2 Å². The van der Waals surface area contributed by atoms with Crippen LogP contribution >= 0.6 is 69.6 Å². The second-order valence-corrected chi connectivity index (χ2v) is 21.6. The Labute approximate surface area is 533 Å². The van der Waals surface area contributed by atoms with Crippen molar-refractivity contribution in [3.05, 3.63) is 263 Å². The van der Waals surface area contributed by atoms with Crippen LogP contribution in [0.1, 0.15) is 35.8 Å². The summed E-state index contributed by atoms with van der Waals surface area (Å²) in [6, 6.07) is 55.4. The Morgan fingerprint density at radius 2 is 0.878 bits per heavy atom. The number of ether oxygens (including phenoxy) is 3. The maximum atomic E-state index is 12.1. The smallest absolute Gasteiger partial charge is 1.00 e. The number of halogens is 7. The Hall–Kier alpha value is -5.71. The number of methoxy groups -OCH3 is 2. The first kappa shape index (κ1) is 63.9. The molecule has 418 valence electrons. The molecule has 0 amide bonds. The van der Waals surface area contributed by atoms with Gasteiger partial charge in [-0.1, -0.05) is 142 Å². The fourth-order valence-corrected chi connectivity index (χ4v) is 11.3. The van der Waals surface area contributed by atoms with Crippen molar-refractivity contribution in [2.45, 2.75) is 37.3 Å². The first-order valence-corrected chi connectivity index (χ1v) is 28.1. The summed E-state index contributed by atoms with van der Waals surface area (Å²) in [5.41, 5.74) is 7.38. The van der Waals surface area contributed by atoms with Crippen LogP contribution in [-0.2, 0) is 13.1 Å². The van der Waals surface area contributed by atoms with E-state index < -0.39 is 0 Å². The Kier molecular flexibility index (Phi) is 24.3. The van der Waals surface area contributed by atoms with Gasteiger partial charge in [0.2, 0.25) is 0 Å². The minimum absolute atomic E-state index is 0. The molecular formula is C64H58Cl6FN6NaO4. The Bertz CT molecular complexity index is 3400. The molecule has 2 saturated heterocycles. The number of aliphatic hydroxyl groups excluding tert-OH is 1. The largest absolute Gasteiger partial charge is 1.00 e. The third-order valence-corrected chi connectivity index (χ3v) is 15.7. The van der Waals surface area contributed by atoms with Crippen LogP contribution < -0.4 is 53.6 Å². The van der Waals surface area contributed by atoms with Gasteiger partial charge in [-0.15, -0.1) is 0 Å². The van der Waals surface area contributed by atoms with Crippen LogP contribution in [0.3, 0.4) is 0 Å². The monoisotopic (exact) mass is 1230 g/mol. The van der Waals surface area contributed by atoms with Gasteiger partial charge in [-0.05, 0) is 131 Å². The van der Waals surface area contributed by atoms with E-state index in [0.29, 0.717) is 53.9 Å². The summed E-state index contributed by atoms with van der Waals surface area (Å²) in [7, 11) is 3.33. The average Bonchev–Trinajstić information content (AvgIpc) is 3.62. The molecule has 0 bridgehead atoms. The van der Waals surface area contributed by atoms with Crippen molar-refractivity contribution in [3.63, 3.8) is 0 Å². The molecule has 18 heteroatoms. The molecule has 0 spiro atoms. The van der Waals surface area contributed by atoms with Crippen molar-refractivity contribution in [2.75, 3.05) is 63.4 Å². The number of anilines is 2. The van der Waals surface area contributed by atoms with Gasteiger partial charge in [0.1, 0.15) is 29.7 Å². The predicted molar refractivity (Wildman–Crippen MR) is 329 cm³/mol. The van der Waals surface area contributed by atoms with Crippen LogP contribution in [-0.4, -0.2) is 80.6 Å². The molecule has 0 unspecified atom stereocenters. The molecule has 82 heavy (non-hydrogen) atoms. The van der Waals surface area contributed by atoms with Gasteiger partial charge in [0.25, 0.3) is 0 Å². The Morgan fingerprint density at radius 1 is 0.500 bits per heavy atom. The maximum Gasteiger partial charge on any atom is 1.00 e. The summed E-state index contributed by atoms with van der Waals surface area (Å²) >= 11 is 38.2. The minimum atomic E-state index is -0.303. The molecule has 2 aliphatic rings. The molecular weight excluding hydrogens is 1170 g/mol. The van der Waals surface area contributed by atoms with Crippen molar-refractivity contribution >= 4 is 92.4 Å². The van der Waals surface area contributed by atoms with Gasteiger partial charge >= 0.3 is 29.6 Å². The molecule has 1 N–H and O–H groups in total. The molecule has 0 radical (unpaired) electrons. The van der Waals surface area contributed by atoms with E-state index in [4.69, 9.17) is 97.0 Å². The van der Waals surface area contributed by atoms with Crippen LogP contribution in [0.2, 0.25) is 30.1 Å². The first-order chi connectivity index (χ1) is 39.3. The normalized spacial score (nSPS) is 16.9. The zero-order valence-corrected chi connectivity index (χ0v) is 51.8. The van der Waals surface area contributed by atoms with Gasteiger partial charge in [-0.25, -0.2) is 14.1 Å². The Morgan fingerprint density at radius 3 is 1.27 bits per heavy atom. The first-order valence-electron chi connectivity index (χ1n) is 25.8. The van der Waals surface area contributed by atoms with Gasteiger partial charge in [-0.2, -0.15) is 0 Å². The number of piperazine rings is 2. The van der Waals surface area contributed by atoms with E-state index in [-0.39, 0.29) is 67.6 Å². The van der Waals surface area contributed by atoms with E-state index in [1.165, 1.54) is 29.8 Å². The summed E-state index contributed by atoms with van der Waals surface area (Å²) < 4.78 is 29.1. The average molecular weight is 1230 g/mol. The van der Waals surface area contributed by atoms with Crippen molar-refractivity contribution in [3.8, 4) is 17.2 Å². The van der Waals surface area contributed by atoms with E-state index in [1.54, 1.807) is 38.5 Å². The summed E-state index contributed by atoms with van der Waals surface area (Å²) in [4.78, 5) is 15.9. The topological polar surface area (TPSA) is 69.6 Å². The molecule has 8 aromatic carbocycles. The van der Waals surface area contributed by atoms with Crippen molar-refractivity contribution in [1.82, 2.24) is 9.80 Å². The molecule has 2 fully saturated rings. The van der Waals surface area contributed by atoms with Gasteiger partial charge in [-0.3, -0.25) is 9.80 Å². The molecule has 0 saturated carbocycles. The van der Waals surface area contributed by atoms with Crippen molar-refractivity contribution in [2.24, 2.45) is 0 Å². The summed E-state index contributed by atoms with van der Waals surface area (Å²) in [5.74, 6) is 2.07. The summed E-state index contributed by atoms with van der Waals surface area (Å²) in [5, 5.41) is 14.3. The number of rotatable bonds is 14. The molecule has 10 nitrogen and oxygen atoms in total. The van der Waals surface area contributed by atoms with Crippen LogP contribution in [0.25, 0.3) is 9.69 Å². The van der Waals surface area contributed by atoms with Crippen molar-refractivity contribution in [1.29, 1.82) is 0 Å². The number of benzene rings is 8. The van der Waals surface area contributed by atoms with Crippen molar-refractivity contribution < 1.29 is 54.7 Å². The quantitative estimate of drug-likeness (QED) is 0.0853. The van der Waals surface area contributed by atoms with E-state index in [1.807, 2.05) is 97.1 Å². The second kappa shape index (κ2) is 31.3. The maximum absolute atomic E-state index is 12.1. The minimum Gasteiger partial charge on any atom is -1.00 e. The molecule has 0 aliphatic carbocycles. The summed E-state index contributed by atoms with van der Waals surface area (Å²) in [6.45, 7) is 18.7. The van der Waals surface area contributed by atoms with Crippen LogP contribution in [0.15, 0.2) is 182 Å². The number of aliphatic hydroxyl groups is 1. The van der Waals surface area contributed by atoms with E-state index >= 15 is 0 Å². The Balaban J connectivity index is 0.000000230. The van der Waals surface area contributed by atoms with Crippen LogP contribution in [0, 0.1) is 19.0 Å². The third kappa shape index (κ3) is 17.0. The van der Waals surface area contributed by atoms with Gasteiger partial charge in [0.05, 0.1) is 79.6 Å². The summed E-state index contributed by atoms with van der Waals surface area (Å²) in [6.07, 6.45) is 0. The molecule has 10 rings (SSSR count). The molecule has 4 atom stereocenters.